The first kappa shape index (κ1) is 16.5. The fraction of sp³-hybridized carbons (Fsp3) is 0.188. The fourth-order valence-electron chi connectivity index (χ4n) is 1.77. The second-order valence-corrected chi connectivity index (χ2v) is 5.70. The zero-order valence-corrected chi connectivity index (χ0v) is 13.8. The molecule has 0 heterocycles. The summed E-state index contributed by atoms with van der Waals surface area (Å²) in [7, 11) is 3.91. The maximum atomic E-state index is 11.9. The Morgan fingerprint density at radius 1 is 1.14 bits per heavy atom. The number of nitrogens with one attached hydrogen (secondary N) is 1. The molecule has 0 aliphatic heterocycles. The summed E-state index contributed by atoms with van der Waals surface area (Å²) in [6, 6.07) is 12.4. The van der Waals surface area contributed by atoms with Crippen LogP contribution < -0.4 is 15.0 Å². The highest BCUT2D eigenvalue weighted by molar-refractivity contribution is 6.34. The molecule has 0 spiro atoms. The smallest absolute Gasteiger partial charge is 0.262 e. The van der Waals surface area contributed by atoms with E-state index in [1.54, 1.807) is 18.2 Å². The predicted octanol–water partition coefficient (Wildman–Crippen LogP) is 4.08. The molecule has 2 aromatic rings. The van der Waals surface area contributed by atoms with E-state index in [-0.39, 0.29) is 12.5 Å². The van der Waals surface area contributed by atoms with Crippen LogP contribution in [0.4, 0.5) is 11.4 Å². The van der Waals surface area contributed by atoms with Gasteiger partial charge < -0.3 is 15.0 Å². The normalized spacial score (nSPS) is 10.2. The van der Waals surface area contributed by atoms with E-state index in [9.17, 15) is 4.79 Å². The van der Waals surface area contributed by atoms with Gasteiger partial charge in [0.25, 0.3) is 5.91 Å². The van der Waals surface area contributed by atoms with Crippen LogP contribution in [0.3, 0.4) is 0 Å². The van der Waals surface area contributed by atoms with Crippen molar-refractivity contribution in [2.45, 2.75) is 0 Å². The maximum Gasteiger partial charge on any atom is 0.262 e. The van der Waals surface area contributed by atoms with E-state index in [1.165, 1.54) is 0 Å². The Balaban J connectivity index is 1.91. The summed E-state index contributed by atoms with van der Waals surface area (Å²) in [5, 5.41) is 3.66. The number of anilines is 2. The quantitative estimate of drug-likeness (QED) is 0.893. The van der Waals surface area contributed by atoms with Gasteiger partial charge in [0.05, 0.1) is 5.02 Å². The lowest BCUT2D eigenvalue weighted by atomic mass is 10.2. The minimum Gasteiger partial charge on any atom is -0.482 e. The molecule has 116 valence electrons. The number of ether oxygens (including phenoxy) is 1. The molecule has 0 bridgehead atoms. The molecular weight excluding hydrogens is 323 g/mol. The zero-order chi connectivity index (χ0) is 16.1. The molecule has 0 atom stereocenters. The first-order valence-electron chi connectivity index (χ1n) is 6.61. The molecule has 0 radical (unpaired) electrons. The van der Waals surface area contributed by atoms with E-state index in [0.29, 0.717) is 21.5 Å². The van der Waals surface area contributed by atoms with Crippen molar-refractivity contribution < 1.29 is 9.53 Å². The lowest BCUT2D eigenvalue weighted by Gasteiger charge is -2.13. The topological polar surface area (TPSA) is 41.6 Å². The molecule has 2 aromatic carbocycles. The first-order valence-corrected chi connectivity index (χ1v) is 7.36. The van der Waals surface area contributed by atoms with Crippen LogP contribution in [0.1, 0.15) is 0 Å². The summed E-state index contributed by atoms with van der Waals surface area (Å²) in [5.41, 5.74) is 1.76. The summed E-state index contributed by atoms with van der Waals surface area (Å²) in [4.78, 5) is 13.9. The van der Waals surface area contributed by atoms with Crippen molar-refractivity contribution in [3.63, 3.8) is 0 Å². The lowest BCUT2D eigenvalue weighted by molar-refractivity contribution is -0.118. The summed E-state index contributed by atoms with van der Waals surface area (Å²) < 4.78 is 5.38. The molecule has 0 aliphatic carbocycles. The van der Waals surface area contributed by atoms with Crippen LogP contribution in [0, 0.1) is 0 Å². The van der Waals surface area contributed by atoms with Crippen molar-refractivity contribution in [1.82, 2.24) is 0 Å². The third-order valence-corrected chi connectivity index (χ3v) is 3.47. The van der Waals surface area contributed by atoms with Gasteiger partial charge in [0, 0.05) is 36.6 Å². The van der Waals surface area contributed by atoms with Crippen molar-refractivity contribution in [2.24, 2.45) is 0 Å². The van der Waals surface area contributed by atoms with Gasteiger partial charge >= 0.3 is 0 Å². The zero-order valence-electron chi connectivity index (χ0n) is 12.3. The Hall–Kier alpha value is -1.91. The predicted molar refractivity (Wildman–Crippen MR) is 91.4 cm³/mol. The van der Waals surface area contributed by atoms with Crippen LogP contribution in [-0.4, -0.2) is 26.6 Å². The third-order valence-electron chi connectivity index (χ3n) is 2.92. The third kappa shape index (κ3) is 4.55. The van der Waals surface area contributed by atoms with Crippen molar-refractivity contribution in [1.29, 1.82) is 0 Å². The number of rotatable bonds is 5. The highest BCUT2D eigenvalue weighted by atomic mass is 35.5. The van der Waals surface area contributed by atoms with E-state index in [1.807, 2.05) is 43.3 Å². The Labute approximate surface area is 139 Å². The van der Waals surface area contributed by atoms with Gasteiger partial charge in [-0.25, -0.2) is 0 Å². The van der Waals surface area contributed by atoms with Crippen LogP contribution in [-0.2, 0) is 4.79 Å². The van der Waals surface area contributed by atoms with Crippen LogP contribution in [0.5, 0.6) is 5.75 Å². The average Bonchev–Trinajstić information content (AvgIpc) is 2.49. The Kier molecular flexibility index (Phi) is 5.52. The molecule has 0 aliphatic rings. The lowest BCUT2D eigenvalue weighted by Crippen LogP contribution is -2.20. The number of benzene rings is 2. The fourth-order valence-corrected chi connectivity index (χ4v) is 2.11. The largest absolute Gasteiger partial charge is 0.482 e. The summed E-state index contributed by atoms with van der Waals surface area (Å²) >= 11 is 11.8. The van der Waals surface area contributed by atoms with Gasteiger partial charge in [-0.05, 0) is 36.4 Å². The van der Waals surface area contributed by atoms with E-state index < -0.39 is 0 Å². The number of halogens is 2. The highest BCUT2D eigenvalue weighted by Crippen LogP contribution is 2.27. The highest BCUT2D eigenvalue weighted by Gasteiger charge is 2.07. The number of nitrogens with zero attached hydrogens (tertiary/aromatic N) is 1. The van der Waals surface area contributed by atoms with Crippen LogP contribution in [0.15, 0.2) is 42.5 Å². The van der Waals surface area contributed by atoms with Gasteiger partial charge in [0.15, 0.2) is 6.61 Å². The van der Waals surface area contributed by atoms with Gasteiger partial charge in [-0.3, -0.25) is 4.79 Å². The Morgan fingerprint density at radius 3 is 2.45 bits per heavy atom. The van der Waals surface area contributed by atoms with Crippen molar-refractivity contribution >= 4 is 40.5 Å². The maximum absolute atomic E-state index is 11.9. The summed E-state index contributed by atoms with van der Waals surface area (Å²) in [6.07, 6.45) is 0. The van der Waals surface area contributed by atoms with Gasteiger partial charge in [0.2, 0.25) is 0 Å². The number of hydrogen-bond acceptors (Lipinski definition) is 3. The van der Waals surface area contributed by atoms with Crippen LogP contribution in [0.25, 0.3) is 0 Å². The number of carbonyl (C=O) groups is 1. The molecule has 1 N–H and O–H groups in total. The number of hydrogen-bond donors (Lipinski definition) is 1. The second kappa shape index (κ2) is 7.38. The molecule has 6 heteroatoms. The molecule has 0 fully saturated rings. The standard InChI is InChI=1S/C16H16Cl2N2O2/c1-20(2)13-6-4-12(5-7-13)19-16(21)10-22-15-9-11(17)3-8-14(15)18/h3-9H,10H2,1-2H3,(H,19,21). The minimum absolute atomic E-state index is 0.143. The van der Waals surface area contributed by atoms with Crippen molar-refractivity contribution in [2.75, 3.05) is 30.9 Å². The molecular formula is C16H16Cl2N2O2. The molecule has 1 amide bonds. The van der Waals surface area contributed by atoms with Gasteiger partial charge in [-0.1, -0.05) is 23.2 Å². The Morgan fingerprint density at radius 2 is 1.82 bits per heavy atom. The molecule has 2 rings (SSSR count). The van der Waals surface area contributed by atoms with E-state index in [2.05, 4.69) is 5.32 Å². The molecule has 0 aromatic heterocycles. The minimum atomic E-state index is -0.270. The number of carbonyl (C=O) groups excluding carboxylic acids is 1. The van der Waals surface area contributed by atoms with Crippen LogP contribution >= 0.6 is 23.2 Å². The van der Waals surface area contributed by atoms with E-state index in [4.69, 9.17) is 27.9 Å². The Bertz CT molecular complexity index is 658. The van der Waals surface area contributed by atoms with Crippen molar-refractivity contribution in [3.8, 4) is 5.75 Å². The molecule has 0 unspecified atom stereocenters. The first-order chi connectivity index (χ1) is 10.5. The van der Waals surface area contributed by atoms with Gasteiger partial charge in [0.1, 0.15) is 5.75 Å². The SMILES string of the molecule is CN(C)c1ccc(NC(=O)COc2cc(Cl)ccc2Cl)cc1. The van der Waals surface area contributed by atoms with E-state index >= 15 is 0 Å². The summed E-state index contributed by atoms with van der Waals surface area (Å²) in [5.74, 6) is 0.112. The monoisotopic (exact) mass is 338 g/mol. The molecule has 22 heavy (non-hydrogen) atoms. The average molecular weight is 339 g/mol. The molecule has 0 saturated carbocycles. The summed E-state index contributed by atoms with van der Waals surface area (Å²) in [6.45, 7) is -0.143. The van der Waals surface area contributed by atoms with Gasteiger partial charge in [-0.2, -0.15) is 0 Å². The number of amides is 1. The van der Waals surface area contributed by atoms with Gasteiger partial charge in [-0.15, -0.1) is 0 Å². The van der Waals surface area contributed by atoms with Crippen LogP contribution in [0.2, 0.25) is 10.0 Å². The van der Waals surface area contributed by atoms with E-state index in [0.717, 1.165) is 5.69 Å². The second-order valence-electron chi connectivity index (χ2n) is 4.85. The molecule has 4 nitrogen and oxygen atoms in total. The van der Waals surface area contributed by atoms with Crippen molar-refractivity contribution in [3.05, 3.63) is 52.5 Å². The molecule has 0 saturated heterocycles.